The molecule has 0 aromatic carbocycles. The van der Waals surface area contributed by atoms with Crippen LogP contribution in [0.5, 0.6) is 0 Å². The zero-order valence-corrected chi connectivity index (χ0v) is 13.8. The SMILES string of the molecule is CCNc1cc(S(=O)(=O)NC2CCCCC2(C)C)ccn1. The van der Waals surface area contributed by atoms with Gasteiger partial charge in [0.25, 0.3) is 0 Å². The van der Waals surface area contributed by atoms with Gasteiger partial charge in [-0.3, -0.25) is 0 Å². The van der Waals surface area contributed by atoms with Crippen molar-refractivity contribution in [3.63, 3.8) is 0 Å². The molecular formula is C15H25N3O2S. The molecule has 1 aromatic heterocycles. The standard InChI is InChI=1S/C15H25N3O2S/c1-4-16-14-11-12(8-10-17-14)21(19,20)18-13-7-5-6-9-15(13,2)3/h8,10-11,13,18H,4-7,9H2,1-3H3,(H,16,17). The highest BCUT2D eigenvalue weighted by Crippen LogP contribution is 2.36. The summed E-state index contributed by atoms with van der Waals surface area (Å²) in [7, 11) is -3.50. The van der Waals surface area contributed by atoms with Gasteiger partial charge in [0.2, 0.25) is 10.0 Å². The molecule has 2 N–H and O–H groups in total. The predicted molar refractivity (Wildman–Crippen MR) is 84.8 cm³/mol. The van der Waals surface area contributed by atoms with E-state index in [-0.39, 0.29) is 16.4 Å². The molecule has 6 heteroatoms. The third-order valence-electron chi connectivity index (χ3n) is 4.20. The van der Waals surface area contributed by atoms with Crippen molar-refractivity contribution in [3.8, 4) is 0 Å². The van der Waals surface area contributed by atoms with E-state index in [2.05, 4.69) is 28.9 Å². The molecule has 0 aliphatic heterocycles. The molecule has 0 saturated heterocycles. The number of nitrogens with zero attached hydrogens (tertiary/aromatic N) is 1. The second-order valence-corrected chi connectivity index (χ2v) is 8.03. The van der Waals surface area contributed by atoms with Crippen LogP contribution in [0.25, 0.3) is 0 Å². The van der Waals surface area contributed by atoms with Crippen LogP contribution in [0.2, 0.25) is 0 Å². The summed E-state index contributed by atoms with van der Waals surface area (Å²) in [4.78, 5) is 4.39. The lowest BCUT2D eigenvalue weighted by Crippen LogP contribution is -2.46. The molecule has 1 unspecified atom stereocenters. The maximum absolute atomic E-state index is 12.6. The number of hydrogen-bond donors (Lipinski definition) is 2. The van der Waals surface area contributed by atoms with Gasteiger partial charge in [-0.2, -0.15) is 0 Å². The van der Waals surface area contributed by atoms with Crippen LogP contribution >= 0.6 is 0 Å². The van der Waals surface area contributed by atoms with Crippen molar-refractivity contribution in [2.45, 2.75) is 57.4 Å². The summed E-state index contributed by atoms with van der Waals surface area (Å²) in [5.41, 5.74) is 0.00283. The normalized spacial score (nSPS) is 22.0. The Bertz CT molecular complexity index is 584. The van der Waals surface area contributed by atoms with E-state index in [9.17, 15) is 8.42 Å². The van der Waals surface area contributed by atoms with Gasteiger partial charge in [-0.15, -0.1) is 0 Å². The summed E-state index contributed by atoms with van der Waals surface area (Å²) >= 11 is 0. The largest absolute Gasteiger partial charge is 0.370 e. The second kappa shape index (κ2) is 6.32. The molecule has 5 nitrogen and oxygen atoms in total. The van der Waals surface area contributed by atoms with Crippen molar-refractivity contribution < 1.29 is 8.42 Å². The van der Waals surface area contributed by atoms with Crippen molar-refractivity contribution in [3.05, 3.63) is 18.3 Å². The van der Waals surface area contributed by atoms with Crippen LogP contribution in [0.4, 0.5) is 5.82 Å². The summed E-state index contributed by atoms with van der Waals surface area (Å²) in [6.45, 7) is 6.93. The van der Waals surface area contributed by atoms with E-state index in [1.54, 1.807) is 12.1 Å². The first-order chi connectivity index (χ1) is 9.85. The highest BCUT2D eigenvalue weighted by atomic mass is 32.2. The van der Waals surface area contributed by atoms with E-state index in [0.717, 1.165) is 19.3 Å². The van der Waals surface area contributed by atoms with Crippen LogP contribution in [0.15, 0.2) is 23.2 Å². The van der Waals surface area contributed by atoms with Crippen LogP contribution < -0.4 is 10.0 Å². The van der Waals surface area contributed by atoms with Gasteiger partial charge in [0.05, 0.1) is 4.90 Å². The van der Waals surface area contributed by atoms with Gasteiger partial charge in [0.15, 0.2) is 0 Å². The molecule has 0 amide bonds. The van der Waals surface area contributed by atoms with E-state index < -0.39 is 10.0 Å². The lowest BCUT2D eigenvalue weighted by Gasteiger charge is -2.38. The number of sulfonamides is 1. The van der Waals surface area contributed by atoms with Crippen LogP contribution in [-0.2, 0) is 10.0 Å². The van der Waals surface area contributed by atoms with Gasteiger partial charge in [-0.25, -0.2) is 18.1 Å². The van der Waals surface area contributed by atoms with Gasteiger partial charge in [-0.05, 0) is 31.2 Å². The molecule has 1 aliphatic carbocycles. The molecule has 2 rings (SSSR count). The molecule has 118 valence electrons. The Hall–Kier alpha value is -1.14. The summed E-state index contributed by atoms with van der Waals surface area (Å²) in [5, 5.41) is 3.04. The van der Waals surface area contributed by atoms with Gasteiger partial charge >= 0.3 is 0 Å². The van der Waals surface area contributed by atoms with Crippen LogP contribution in [0.3, 0.4) is 0 Å². The number of anilines is 1. The average Bonchev–Trinajstić information content (AvgIpc) is 2.42. The molecule has 1 atom stereocenters. The Morgan fingerprint density at radius 1 is 1.38 bits per heavy atom. The summed E-state index contributed by atoms with van der Waals surface area (Å²) in [6, 6.07) is 3.12. The fraction of sp³-hybridized carbons (Fsp3) is 0.667. The molecule has 1 aromatic rings. The predicted octanol–water partition coefficient (Wildman–Crippen LogP) is 2.76. The summed E-state index contributed by atoms with van der Waals surface area (Å²) in [6.07, 6.45) is 5.73. The maximum atomic E-state index is 12.6. The van der Waals surface area contributed by atoms with Gasteiger partial charge in [0.1, 0.15) is 5.82 Å². The van der Waals surface area contributed by atoms with Gasteiger partial charge < -0.3 is 5.32 Å². The fourth-order valence-corrected chi connectivity index (χ4v) is 4.28. The number of pyridine rings is 1. The third kappa shape index (κ3) is 3.95. The average molecular weight is 311 g/mol. The number of nitrogens with one attached hydrogen (secondary N) is 2. The molecule has 1 heterocycles. The highest BCUT2D eigenvalue weighted by Gasteiger charge is 2.35. The lowest BCUT2D eigenvalue weighted by atomic mass is 9.74. The Kier molecular flexibility index (Phi) is 4.88. The Balaban J connectivity index is 2.20. The number of hydrogen-bond acceptors (Lipinski definition) is 4. The van der Waals surface area contributed by atoms with E-state index in [4.69, 9.17) is 0 Å². The molecule has 1 saturated carbocycles. The molecular weight excluding hydrogens is 286 g/mol. The smallest absolute Gasteiger partial charge is 0.241 e. The minimum absolute atomic E-state index is 0.00283. The van der Waals surface area contributed by atoms with E-state index in [1.165, 1.54) is 12.6 Å². The number of aromatic nitrogens is 1. The van der Waals surface area contributed by atoms with Crippen molar-refractivity contribution in [2.75, 3.05) is 11.9 Å². The molecule has 1 fully saturated rings. The van der Waals surface area contributed by atoms with Crippen molar-refractivity contribution in [2.24, 2.45) is 5.41 Å². The quantitative estimate of drug-likeness (QED) is 0.877. The van der Waals surface area contributed by atoms with Crippen molar-refractivity contribution >= 4 is 15.8 Å². The van der Waals surface area contributed by atoms with Gasteiger partial charge in [0, 0.05) is 24.8 Å². The van der Waals surface area contributed by atoms with E-state index >= 15 is 0 Å². The number of rotatable bonds is 5. The van der Waals surface area contributed by atoms with E-state index in [1.807, 2.05) is 6.92 Å². The topological polar surface area (TPSA) is 71.1 Å². The Morgan fingerprint density at radius 3 is 2.81 bits per heavy atom. The molecule has 0 spiro atoms. The first-order valence-electron chi connectivity index (χ1n) is 7.57. The first kappa shape index (κ1) is 16.2. The molecule has 0 bridgehead atoms. The van der Waals surface area contributed by atoms with Crippen LogP contribution in [0, 0.1) is 5.41 Å². The minimum atomic E-state index is -3.50. The van der Waals surface area contributed by atoms with E-state index in [0.29, 0.717) is 12.4 Å². The summed E-state index contributed by atoms with van der Waals surface area (Å²) < 4.78 is 28.0. The summed E-state index contributed by atoms with van der Waals surface area (Å²) in [5.74, 6) is 0.586. The first-order valence-corrected chi connectivity index (χ1v) is 9.06. The molecule has 0 radical (unpaired) electrons. The zero-order valence-electron chi connectivity index (χ0n) is 13.0. The minimum Gasteiger partial charge on any atom is -0.370 e. The monoisotopic (exact) mass is 311 g/mol. The Labute approximate surface area is 127 Å². The molecule has 21 heavy (non-hydrogen) atoms. The van der Waals surface area contributed by atoms with Crippen molar-refractivity contribution in [1.82, 2.24) is 9.71 Å². The van der Waals surface area contributed by atoms with Crippen LogP contribution in [-0.4, -0.2) is 26.0 Å². The third-order valence-corrected chi connectivity index (χ3v) is 5.67. The zero-order chi connectivity index (χ0) is 15.5. The van der Waals surface area contributed by atoms with Gasteiger partial charge in [-0.1, -0.05) is 26.7 Å². The maximum Gasteiger partial charge on any atom is 0.241 e. The van der Waals surface area contributed by atoms with Crippen LogP contribution in [0.1, 0.15) is 46.5 Å². The van der Waals surface area contributed by atoms with Crippen molar-refractivity contribution in [1.29, 1.82) is 0 Å². The second-order valence-electron chi connectivity index (χ2n) is 6.32. The lowest BCUT2D eigenvalue weighted by molar-refractivity contribution is 0.188. The fourth-order valence-electron chi connectivity index (χ4n) is 2.82. The Morgan fingerprint density at radius 2 is 2.14 bits per heavy atom. The molecule has 1 aliphatic rings. The highest BCUT2D eigenvalue weighted by molar-refractivity contribution is 7.89.